The number of alkyl halides is 3. The first-order chi connectivity index (χ1) is 5.91. The topological polar surface area (TPSA) is 58.6 Å². The van der Waals surface area contributed by atoms with E-state index in [1.807, 2.05) is 0 Å². The van der Waals surface area contributed by atoms with Gasteiger partial charge in [-0.2, -0.15) is 13.2 Å². The van der Waals surface area contributed by atoms with Gasteiger partial charge in [0.15, 0.2) is 12.2 Å². The predicted octanol–water partition coefficient (Wildman–Crippen LogP) is -0.00970. The van der Waals surface area contributed by atoms with E-state index < -0.39 is 30.9 Å². The third-order valence-corrected chi connectivity index (χ3v) is 1.63. The monoisotopic (exact) mass is 199 g/mol. The molecule has 1 rings (SSSR count). The second-order valence-corrected chi connectivity index (χ2v) is 2.65. The van der Waals surface area contributed by atoms with Crippen molar-refractivity contribution in [1.82, 2.24) is 5.32 Å². The maximum Gasteiger partial charge on any atom is 0.415 e. The molecule has 0 saturated carbocycles. The molecule has 0 spiro atoms. The van der Waals surface area contributed by atoms with E-state index in [4.69, 9.17) is 5.11 Å². The standard InChI is InChI=1S/C6H8F3NO3/c7-6(8,9)4-2-10-1-3(13-4)5(11)12/h3-4,10H,1-2H2,(H,11,12)/t3-,4+/m0/s1. The summed E-state index contributed by atoms with van der Waals surface area (Å²) >= 11 is 0. The molecule has 1 heterocycles. The van der Waals surface area contributed by atoms with Crippen LogP contribution < -0.4 is 5.32 Å². The molecule has 0 unspecified atom stereocenters. The van der Waals surface area contributed by atoms with Crippen molar-refractivity contribution < 1.29 is 27.8 Å². The highest BCUT2D eigenvalue weighted by Gasteiger charge is 2.44. The van der Waals surface area contributed by atoms with E-state index in [0.29, 0.717) is 0 Å². The second-order valence-electron chi connectivity index (χ2n) is 2.65. The zero-order valence-electron chi connectivity index (χ0n) is 6.47. The number of carboxylic acids is 1. The molecule has 4 nitrogen and oxygen atoms in total. The summed E-state index contributed by atoms with van der Waals surface area (Å²) in [6.07, 6.45) is -7.95. The lowest BCUT2D eigenvalue weighted by molar-refractivity contribution is -0.240. The number of halogens is 3. The third-order valence-electron chi connectivity index (χ3n) is 1.63. The van der Waals surface area contributed by atoms with E-state index in [0.717, 1.165) is 0 Å². The van der Waals surface area contributed by atoms with Gasteiger partial charge in [0, 0.05) is 13.1 Å². The van der Waals surface area contributed by atoms with E-state index in [2.05, 4.69) is 10.1 Å². The Labute approximate surface area is 71.7 Å². The van der Waals surface area contributed by atoms with Crippen molar-refractivity contribution in [3.63, 3.8) is 0 Å². The van der Waals surface area contributed by atoms with Crippen molar-refractivity contribution in [2.45, 2.75) is 18.4 Å². The molecule has 1 saturated heterocycles. The van der Waals surface area contributed by atoms with Gasteiger partial charge in [-0.15, -0.1) is 0 Å². The van der Waals surface area contributed by atoms with Crippen LogP contribution in [0.25, 0.3) is 0 Å². The van der Waals surface area contributed by atoms with Crippen LogP contribution in [0.1, 0.15) is 0 Å². The summed E-state index contributed by atoms with van der Waals surface area (Å²) in [7, 11) is 0. The molecule has 0 aliphatic carbocycles. The number of hydrogen-bond donors (Lipinski definition) is 2. The van der Waals surface area contributed by atoms with Crippen molar-refractivity contribution in [1.29, 1.82) is 0 Å². The molecule has 0 radical (unpaired) electrons. The highest BCUT2D eigenvalue weighted by atomic mass is 19.4. The van der Waals surface area contributed by atoms with Crippen molar-refractivity contribution in [2.75, 3.05) is 13.1 Å². The number of rotatable bonds is 1. The minimum Gasteiger partial charge on any atom is -0.479 e. The largest absolute Gasteiger partial charge is 0.479 e. The summed E-state index contributed by atoms with van der Waals surface area (Å²) in [5, 5.41) is 10.7. The van der Waals surface area contributed by atoms with Crippen LogP contribution in [-0.2, 0) is 9.53 Å². The number of aliphatic carboxylic acids is 1. The molecule has 0 amide bonds. The summed E-state index contributed by atoms with van der Waals surface area (Å²) in [6, 6.07) is 0. The normalized spacial score (nSPS) is 30.1. The number of morpholine rings is 1. The second kappa shape index (κ2) is 3.51. The molecular formula is C6H8F3NO3. The lowest BCUT2D eigenvalue weighted by Crippen LogP contribution is -2.53. The van der Waals surface area contributed by atoms with Crippen LogP contribution >= 0.6 is 0 Å². The first-order valence-corrected chi connectivity index (χ1v) is 3.57. The molecule has 76 valence electrons. The zero-order chi connectivity index (χ0) is 10.1. The number of nitrogens with one attached hydrogen (secondary N) is 1. The molecule has 1 aliphatic heterocycles. The number of carbonyl (C=O) groups is 1. The van der Waals surface area contributed by atoms with E-state index in [1.165, 1.54) is 0 Å². The van der Waals surface area contributed by atoms with Gasteiger partial charge in [-0.3, -0.25) is 0 Å². The molecule has 7 heteroatoms. The van der Waals surface area contributed by atoms with Gasteiger partial charge in [-0.25, -0.2) is 4.79 Å². The summed E-state index contributed by atoms with van der Waals surface area (Å²) in [5.41, 5.74) is 0. The number of ether oxygens (including phenoxy) is 1. The molecule has 1 aliphatic rings. The van der Waals surface area contributed by atoms with Crippen LogP contribution in [0.3, 0.4) is 0 Å². The lowest BCUT2D eigenvalue weighted by Gasteiger charge is -2.29. The Morgan fingerprint density at radius 3 is 2.54 bits per heavy atom. The van der Waals surface area contributed by atoms with Gasteiger partial charge >= 0.3 is 12.1 Å². The zero-order valence-corrected chi connectivity index (χ0v) is 6.47. The van der Waals surface area contributed by atoms with Gasteiger partial charge in [0.2, 0.25) is 0 Å². The number of hydrogen-bond acceptors (Lipinski definition) is 3. The Morgan fingerprint density at radius 2 is 2.08 bits per heavy atom. The fourth-order valence-electron chi connectivity index (χ4n) is 0.978. The van der Waals surface area contributed by atoms with Crippen molar-refractivity contribution in [2.24, 2.45) is 0 Å². The van der Waals surface area contributed by atoms with Crippen LogP contribution in [0.15, 0.2) is 0 Å². The molecule has 2 N–H and O–H groups in total. The van der Waals surface area contributed by atoms with Crippen molar-refractivity contribution >= 4 is 5.97 Å². The van der Waals surface area contributed by atoms with Gasteiger partial charge in [0.05, 0.1) is 0 Å². The molecule has 13 heavy (non-hydrogen) atoms. The molecule has 0 aromatic rings. The Morgan fingerprint density at radius 1 is 1.46 bits per heavy atom. The Bertz CT molecular complexity index is 206. The fraction of sp³-hybridized carbons (Fsp3) is 0.833. The molecule has 0 aromatic carbocycles. The summed E-state index contributed by atoms with van der Waals surface area (Å²) < 4.78 is 40.4. The van der Waals surface area contributed by atoms with Crippen LogP contribution in [0.4, 0.5) is 13.2 Å². The van der Waals surface area contributed by atoms with Crippen LogP contribution in [-0.4, -0.2) is 42.5 Å². The maximum atomic E-state index is 12.0. The minimum atomic E-state index is -4.51. The van der Waals surface area contributed by atoms with Crippen LogP contribution in [0.5, 0.6) is 0 Å². The van der Waals surface area contributed by atoms with E-state index >= 15 is 0 Å². The molecule has 0 aromatic heterocycles. The van der Waals surface area contributed by atoms with E-state index in [9.17, 15) is 18.0 Å². The Hall–Kier alpha value is -0.820. The average Bonchev–Trinajstić information content (AvgIpc) is 2.03. The minimum absolute atomic E-state index is 0.0953. The molecule has 2 atom stereocenters. The predicted molar refractivity (Wildman–Crippen MR) is 35.2 cm³/mol. The quantitative estimate of drug-likeness (QED) is 0.623. The Kier molecular flexibility index (Phi) is 2.77. The average molecular weight is 199 g/mol. The highest BCUT2D eigenvalue weighted by molar-refractivity contribution is 5.72. The Balaban J connectivity index is 2.57. The maximum absolute atomic E-state index is 12.0. The van der Waals surface area contributed by atoms with Gasteiger partial charge in [-0.1, -0.05) is 0 Å². The van der Waals surface area contributed by atoms with Gasteiger partial charge in [0.25, 0.3) is 0 Å². The number of carboxylic acid groups (broad SMARTS) is 1. The summed E-state index contributed by atoms with van der Waals surface area (Å²) in [6.45, 7) is -0.491. The third kappa shape index (κ3) is 2.56. The van der Waals surface area contributed by atoms with Crippen molar-refractivity contribution in [3.8, 4) is 0 Å². The smallest absolute Gasteiger partial charge is 0.415 e. The molecule has 1 fully saturated rings. The fourth-order valence-corrected chi connectivity index (χ4v) is 0.978. The van der Waals surface area contributed by atoms with Gasteiger partial charge in [0.1, 0.15) is 0 Å². The molecule has 0 bridgehead atoms. The SMILES string of the molecule is O=C(O)[C@@H]1CNC[C@H](C(F)(F)F)O1. The summed E-state index contributed by atoms with van der Waals surface area (Å²) in [4.78, 5) is 10.3. The van der Waals surface area contributed by atoms with Crippen LogP contribution in [0, 0.1) is 0 Å². The van der Waals surface area contributed by atoms with E-state index in [-0.39, 0.29) is 6.54 Å². The summed E-state index contributed by atoms with van der Waals surface area (Å²) in [5.74, 6) is -1.39. The van der Waals surface area contributed by atoms with Gasteiger partial charge < -0.3 is 15.2 Å². The van der Waals surface area contributed by atoms with E-state index in [1.54, 1.807) is 0 Å². The van der Waals surface area contributed by atoms with Crippen molar-refractivity contribution in [3.05, 3.63) is 0 Å². The molecular weight excluding hydrogens is 191 g/mol. The first-order valence-electron chi connectivity index (χ1n) is 3.57. The van der Waals surface area contributed by atoms with Gasteiger partial charge in [-0.05, 0) is 0 Å². The first kappa shape index (κ1) is 10.3. The van der Waals surface area contributed by atoms with Crippen LogP contribution in [0.2, 0.25) is 0 Å². The highest BCUT2D eigenvalue weighted by Crippen LogP contribution is 2.24. The lowest BCUT2D eigenvalue weighted by atomic mass is 10.2.